The average Bonchev–Trinajstić information content (AvgIpc) is 2.46. The zero-order valence-electron chi connectivity index (χ0n) is 11.3. The van der Waals surface area contributed by atoms with Crippen molar-refractivity contribution in [3.05, 3.63) is 59.2 Å². The molecule has 2 rings (SSSR count). The quantitative estimate of drug-likeness (QED) is 0.671. The predicted molar refractivity (Wildman–Crippen MR) is 75.9 cm³/mol. The van der Waals surface area contributed by atoms with Crippen molar-refractivity contribution in [1.82, 2.24) is 0 Å². The minimum atomic E-state index is -0.670. The second-order valence-electron chi connectivity index (χ2n) is 4.35. The zero-order valence-corrected chi connectivity index (χ0v) is 11.3. The lowest BCUT2D eigenvalue weighted by Crippen LogP contribution is -2.11. The van der Waals surface area contributed by atoms with Crippen LogP contribution in [0.15, 0.2) is 36.4 Å². The van der Waals surface area contributed by atoms with Gasteiger partial charge in [-0.15, -0.1) is 0 Å². The van der Waals surface area contributed by atoms with E-state index in [0.717, 1.165) is 12.1 Å². The lowest BCUT2D eigenvalue weighted by molar-refractivity contribution is 0.0602. The number of hydrogen-bond acceptors (Lipinski definition) is 4. The second-order valence-corrected chi connectivity index (χ2v) is 4.35. The number of ether oxygens (including phenoxy) is 1. The Hall–Kier alpha value is -2.63. The highest BCUT2D eigenvalue weighted by molar-refractivity contribution is 5.98. The van der Waals surface area contributed by atoms with Crippen molar-refractivity contribution in [3.63, 3.8) is 0 Å². The van der Waals surface area contributed by atoms with Gasteiger partial charge in [-0.05, 0) is 18.2 Å². The molecule has 0 heterocycles. The smallest absolute Gasteiger partial charge is 0.340 e. The number of nitrogen functional groups attached to an aromatic ring is 1. The molecule has 0 aliphatic carbocycles. The molecule has 0 aromatic heterocycles. The summed E-state index contributed by atoms with van der Waals surface area (Å²) in [6.07, 6.45) is 0. The molecule has 4 nitrogen and oxygen atoms in total. The number of hydrogen-bond donors (Lipinski definition) is 2. The van der Waals surface area contributed by atoms with Crippen LogP contribution in [0.4, 0.5) is 20.2 Å². The number of rotatable bonds is 4. The fourth-order valence-electron chi connectivity index (χ4n) is 1.90. The summed E-state index contributed by atoms with van der Waals surface area (Å²) in [6, 6.07) is 8.06. The summed E-state index contributed by atoms with van der Waals surface area (Å²) in [4.78, 5) is 11.7. The summed E-state index contributed by atoms with van der Waals surface area (Å²) in [5.74, 6) is -1.87. The van der Waals surface area contributed by atoms with Crippen molar-refractivity contribution in [3.8, 4) is 0 Å². The molecule has 2 aromatic rings. The van der Waals surface area contributed by atoms with Crippen LogP contribution in [0.1, 0.15) is 15.9 Å². The molecule has 0 aliphatic heterocycles. The first-order valence-electron chi connectivity index (χ1n) is 6.17. The van der Waals surface area contributed by atoms with Crippen LogP contribution in [0.5, 0.6) is 0 Å². The molecule has 110 valence electrons. The lowest BCUT2D eigenvalue weighted by Gasteiger charge is -2.13. The molecule has 0 bridgehead atoms. The summed E-state index contributed by atoms with van der Waals surface area (Å²) in [5.41, 5.74) is 7.01. The standard InChI is InChI=1S/C15H14F2N2O2/c1-21-15(20)11-3-2-4-13(18)14(11)19-8-9-5-6-10(16)7-12(9)17/h2-7,19H,8,18H2,1H3. The van der Waals surface area contributed by atoms with Crippen molar-refractivity contribution in [2.45, 2.75) is 6.54 Å². The molecular formula is C15H14F2N2O2. The van der Waals surface area contributed by atoms with E-state index in [0.29, 0.717) is 11.4 Å². The lowest BCUT2D eigenvalue weighted by atomic mass is 10.1. The van der Waals surface area contributed by atoms with Crippen molar-refractivity contribution in [2.75, 3.05) is 18.2 Å². The van der Waals surface area contributed by atoms with E-state index in [1.807, 2.05) is 0 Å². The first kappa shape index (κ1) is 14.8. The molecule has 0 saturated carbocycles. The Labute approximate surface area is 120 Å². The largest absolute Gasteiger partial charge is 0.465 e. The van der Waals surface area contributed by atoms with Crippen molar-refractivity contribution < 1.29 is 18.3 Å². The first-order valence-corrected chi connectivity index (χ1v) is 6.17. The van der Waals surface area contributed by atoms with E-state index in [1.165, 1.54) is 13.2 Å². The van der Waals surface area contributed by atoms with Gasteiger partial charge in [-0.3, -0.25) is 0 Å². The van der Waals surface area contributed by atoms with E-state index in [2.05, 4.69) is 10.1 Å². The van der Waals surface area contributed by atoms with Gasteiger partial charge in [0.05, 0.1) is 24.0 Å². The fraction of sp³-hybridized carbons (Fsp3) is 0.133. The van der Waals surface area contributed by atoms with Crippen molar-refractivity contribution in [1.29, 1.82) is 0 Å². The number of anilines is 2. The third kappa shape index (κ3) is 3.28. The molecule has 3 N–H and O–H groups in total. The maximum absolute atomic E-state index is 13.6. The fourth-order valence-corrected chi connectivity index (χ4v) is 1.90. The third-order valence-corrected chi connectivity index (χ3v) is 2.97. The number of benzene rings is 2. The van der Waals surface area contributed by atoms with Gasteiger partial charge in [0.2, 0.25) is 0 Å². The summed E-state index contributed by atoms with van der Waals surface area (Å²) in [7, 11) is 1.26. The van der Waals surface area contributed by atoms with E-state index in [1.54, 1.807) is 18.2 Å². The second kappa shape index (κ2) is 6.21. The van der Waals surface area contributed by atoms with E-state index in [9.17, 15) is 13.6 Å². The average molecular weight is 292 g/mol. The van der Waals surface area contributed by atoms with Gasteiger partial charge in [0, 0.05) is 18.2 Å². The SMILES string of the molecule is COC(=O)c1cccc(N)c1NCc1ccc(F)cc1F. The van der Waals surface area contributed by atoms with Crippen molar-refractivity contribution in [2.24, 2.45) is 0 Å². The number of nitrogens with two attached hydrogens (primary N) is 1. The van der Waals surface area contributed by atoms with E-state index >= 15 is 0 Å². The molecule has 2 aromatic carbocycles. The highest BCUT2D eigenvalue weighted by Gasteiger charge is 2.14. The molecule has 0 atom stereocenters. The Bertz CT molecular complexity index is 675. The zero-order chi connectivity index (χ0) is 15.4. The van der Waals surface area contributed by atoms with Gasteiger partial charge in [0.25, 0.3) is 0 Å². The molecule has 0 unspecified atom stereocenters. The van der Waals surface area contributed by atoms with Gasteiger partial charge in [0.1, 0.15) is 11.6 Å². The number of nitrogens with one attached hydrogen (secondary N) is 1. The molecule has 0 fully saturated rings. The van der Waals surface area contributed by atoms with Crippen LogP contribution in [0, 0.1) is 11.6 Å². The van der Waals surface area contributed by atoms with Gasteiger partial charge in [0.15, 0.2) is 0 Å². The summed E-state index contributed by atoms with van der Waals surface area (Å²) in [5, 5.41) is 2.89. The van der Waals surface area contributed by atoms with Crippen LogP contribution in [-0.2, 0) is 11.3 Å². The Morgan fingerprint density at radius 3 is 2.71 bits per heavy atom. The summed E-state index contributed by atoms with van der Waals surface area (Å²) < 4.78 is 31.1. The number of methoxy groups -OCH3 is 1. The van der Waals surface area contributed by atoms with Crippen molar-refractivity contribution >= 4 is 17.3 Å². The molecular weight excluding hydrogens is 278 g/mol. The molecule has 6 heteroatoms. The van der Waals surface area contributed by atoms with Gasteiger partial charge in [-0.1, -0.05) is 12.1 Å². The predicted octanol–water partition coefficient (Wildman–Crippen LogP) is 2.95. The monoisotopic (exact) mass is 292 g/mol. The maximum atomic E-state index is 13.6. The van der Waals surface area contributed by atoms with Crippen LogP contribution in [0.3, 0.4) is 0 Å². The molecule has 21 heavy (non-hydrogen) atoms. The summed E-state index contributed by atoms with van der Waals surface area (Å²) in [6.45, 7) is 0.0598. The highest BCUT2D eigenvalue weighted by atomic mass is 19.1. The number of halogens is 2. The highest BCUT2D eigenvalue weighted by Crippen LogP contribution is 2.25. The number of para-hydroxylation sites is 1. The first-order chi connectivity index (χ1) is 10.0. The number of esters is 1. The van der Waals surface area contributed by atoms with E-state index in [-0.39, 0.29) is 17.7 Å². The van der Waals surface area contributed by atoms with Crippen LogP contribution < -0.4 is 11.1 Å². The van der Waals surface area contributed by atoms with Gasteiger partial charge >= 0.3 is 5.97 Å². The van der Waals surface area contributed by atoms with Crippen LogP contribution in [0.2, 0.25) is 0 Å². The molecule has 0 aliphatic rings. The van der Waals surface area contributed by atoms with Gasteiger partial charge < -0.3 is 15.8 Å². The van der Waals surface area contributed by atoms with Gasteiger partial charge in [-0.2, -0.15) is 0 Å². The minimum Gasteiger partial charge on any atom is -0.465 e. The minimum absolute atomic E-state index is 0.0598. The topological polar surface area (TPSA) is 64.3 Å². The van der Waals surface area contributed by atoms with Crippen LogP contribution in [0.25, 0.3) is 0 Å². The molecule has 0 amide bonds. The Morgan fingerprint density at radius 2 is 2.05 bits per heavy atom. The normalized spacial score (nSPS) is 10.2. The third-order valence-electron chi connectivity index (χ3n) is 2.97. The van der Waals surface area contributed by atoms with Crippen LogP contribution in [-0.4, -0.2) is 13.1 Å². The number of carbonyl (C=O) groups is 1. The Balaban J connectivity index is 2.25. The number of carbonyl (C=O) groups excluding carboxylic acids is 1. The van der Waals surface area contributed by atoms with Gasteiger partial charge in [-0.25, -0.2) is 13.6 Å². The Morgan fingerprint density at radius 1 is 1.29 bits per heavy atom. The van der Waals surface area contributed by atoms with E-state index < -0.39 is 17.6 Å². The molecule has 0 radical (unpaired) electrons. The molecule has 0 spiro atoms. The Kier molecular flexibility index (Phi) is 4.37. The van der Waals surface area contributed by atoms with E-state index in [4.69, 9.17) is 5.73 Å². The van der Waals surface area contributed by atoms with Crippen LogP contribution >= 0.6 is 0 Å². The maximum Gasteiger partial charge on any atom is 0.340 e. The summed E-state index contributed by atoms with van der Waals surface area (Å²) >= 11 is 0. The molecule has 0 saturated heterocycles.